The minimum atomic E-state index is 0.494. The number of nitrogens with one attached hydrogen (secondary N) is 1. The Labute approximate surface area is 83.3 Å². The molecule has 72 valence electrons. The summed E-state index contributed by atoms with van der Waals surface area (Å²) in [6.07, 6.45) is 2.95. The maximum atomic E-state index is 5.48. The van der Waals surface area contributed by atoms with E-state index in [1.807, 2.05) is 12.1 Å². The lowest BCUT2D eigenvalue weighted by Crippen LogP contribution is -1.99. The van der Waals surface area contributed by atoms with Crippen molar-refractivity contribution >= 4 is 17.6 Å². The summed E-state index contributed by atoms with van der Waals surface area (Å²) in [6.45, 7) is 2.65. The Kier molecular flexibility index (Phi) is 4.64. The van der Waals surface area contributed by atoms with Crippen LogP contribution in [0.1, 0.15) is 19.0 Å². The Hall–Kier alpha value is -0.740. The minimum absolute atomic E-state index is 0.494. The molecule has 0 aliphatic heterocycles. The largest absolute Gasteiger partial charge is 0.330 e. The van der Waals surface area contributed by atoms with E-state index in [0.717, 1.165) is 17.1 Å². The van der Waals surface area contributed by atoms with Crippen molar-refractivity contribution in [3.63, 3.8) is 0 Å². The van der Waals surface area contributed by atoms with E-state index in [9.17, 15) is 0 Å². The highest BCUT2D eigenvalue weighted by Gasteiger charge is 1.94. The third kappa shape index (κ3) is 3.65. The van der Waals surface area contributed by atoms with Gasteiger partial charge in [-0.25, -0.2) is 0 Å². The van der Waals surface area contributed by atoms with E-state index in [4.69, 9.17) is 5.73 Å². The molecule has 0 aliphatic carbocycles. The van der Waals surface area contributed by atoms with Gasteiger partial charge < -0.3 is 10.5 Å². The number of aromatic nitrogens is 1. The molecule has 1 aromatic rings. The molecule has 1 rings (SSSR count). The fourth-order valence-electron chi connectivity index (χ4n) is 0.890. The molecule has 0 aromatic carbocycles. The monoisotopic (exact) mass is 197 g/mol. The quantitative estimate of drug-likeness (QED) is 0.560. The summed E-state index contributed by atoms with van der Waals surface area (Å²) in [4.78, 5) is 4.11. The Morgan fingerprint density at radius 1 is 1.62 bits per heavy atom. The molecule has 0 bridgehead atoms. The van der Waals surface area contributed by atoms with Crippen LogP contribution in [0.5, 0.6) is 0 Å². The highest BCUT2D eigenvalue weighted by atomic mass is 32.2. The standard InChI is InChI=1S/C9H15N3S/c1-2-5-13-12-8-3-4-11-9(6-8)7-10/h3-4,6H,2,5,7,10H2,1H3,(H,11,12). The summed E-state index contributed by atoms with van der Waals surface area (Å²) in [5, 5.41) is 0. The van der Waals surface area contributed by atoms with Gasteiger partial charge in [0.15, 0.2) is 0 Å². The van der Waals surface area contributed by atoms with E-state index in [-0.39, 0.29) is 0 Å². The van der Waals surface area contributed by atoms with Gasteiger partial charge >= 0.3 is 0 Å². The molecule has 0 radical (unpaired) electrons. The van der Waals surface area contributed by atoms with Crippen LogP contribution in [-0.4, -0.2) is 10.7 Å². The lowest BCUT2D eigenvalue weighted by molar-refractivity contribution is 0.992. The van der Waals surface area contributed by atoms with Crippen LogP contribution in [0, 0.1) is 0 Å². The van der Waals surface area contributed by atoms with E-state index < -0.39 is 0 Å². The van der Waals surface area contributed by atoms with Gasteiger partial charge in [-0.15, -0.1) is 0 Å². The van der Waals surface area contributed by atoms with Gasteiger partial charge in [-0.05, 0) is 18.6 Å². The lowest BCUT2D eigenvalue weighted by atomic mass is 10.3. The maximum absolute atomic E-state index is 5.48. The third-order valence-corrected chi connectivity index (χ3v) is 2.51. The van der Waals surface area contributed by atoms with E-state index in [0.29, 0.717) is 6.54 Å². The van der Waals surface area contributed by atoms with Crippen LogP contribution in [0.15, 0.2) is 18.3 Å². The molecule has 4 heteroatoms. The number of pyridine rings is 1. The highest BCUT2D eigenvalue weighted by molar-refractivity contribution is 8.00. The SMILES string of the molecule is CCCSNc1ccnc(CN)c1. The molecular weight excluding hydrogens is 182 g/mol. The van der Waals surface area contributed by atoms with Crippen LogP contribution in [0.4, 0.5) is 5.69 Å². The second-order valence-electron chi connectivity index (χ2n) is 2.69. The summed E-state index contributed by atoms with van der Waals surface area (Å²) in [6, 6.07) is 3.92. The average molecular weight is 197 g/mol. The molecule has 0 fully saturated rings. The predicted octanol–water partition coefficient (Wildman–Crippen LogP) is 2.01. The normalized spacial score (nSPS) is 10.0. The van der Waals surface area contributed by atoms with Crippen molar-refractivity contribution in [2.24, 2.45) is 5.73 Å². The second-order valence-corrected chi connectivity index (χ2v) is 3.59. The minimum Gasteiger partial charge on any atom is -0.330 e. The summed E-state index contributed by atoms with van der Waals surface area (Å²) < 4.78 is 3.24. The topological polar surface area (TPSA) is 50.9 Å². The Morgan fingerprint density at radius 3 is 3.15 bits per heavy atom. The van der Waals surface area contributed by atoms with Crippen LogP contribution in [-0.2, 0) is 6.54 Å². The van der Waals surface area contributed by atoms with Crippen molar-refractivity contribution < 1.29 is 0 Å². The Bertz CT molecular complexity index is 252. The van der Waals surface area contributed by atoms with Crippen LogP contribution >= 0.6 is 11.9 Å². The van der Waals surface area contributed by atoms with Crippen molar-refractivity contribution in [2.45, 2.75) is 19.9 Å². The van der Waals surface area contributed by atoms with Gasteiger partial charge in [0.05, 0.1) is 5.69 Å². The molecule has 0 unspecified atom stereocenters. The van der Waals surface area contributed by atoms with Gasteiger partial charge in [0.2, 0.25) is 0 Å². The fourth-order valence-corrected chi connectivity index (χ4v) is 1.49. The molecule has 3 N–H and O–H groups in total. The van der Waals surface area contributed by atoms with Crippen molar-refractivity contribution in [3.8, 4) is 0 Å². The fraction of sp³-hybridized carbons (Fsp3) is 0.444. The molecule has 1 aromatic heterocycles. The van der Waals surface area contributed by atoms with Gasteiger partial charge in [0.1, 0.15) is 0 Å². The van der Waals surface area contributed by atoms with E-state index in [1.165, 1.54) is 6.42 Å². The van der Waals surface area contributed by atoms with E-state index >= 15 is 0 Å². The zero-order chi connectivity index (χ0) is 9.52. The third-order valence-electron chi connectivity index (χ3n) is 1.52. The second kappa shape index (κ2) is 5.83. The van der Waals surface area contributed by atoms with Gasteiger partial charge in [0, 0.05) is 24.2 Å². The van der Waals surface area contributed by atoms with Crippen molar-refractivity contribution in [1.29, 1.82) is 0 Å². The van der Waals surface area contributed by atoms with E-state index in [2.05, 4.69) is 16.6 Å². The van der Waals surface area contributed by atoms with Crippen molar-refractivity contribution in [1.82, 2.24) is 4.98 Å². The molecule has 0 saturated carbocycles. The van der Waals surface area contributed by atoms with Gasteiger partial charge in [0.25, 0.3) is 0 Å². The first-order chi connectivity index (χ1) is 6.36. The van der Waals surface area contributed by atoms with Crippen molar-refractivity contribution in [2.75, 3.05) is 10.5 Å². The average Bonchev–Trinajstić information content (AvgIpc) is 2.19. The first-order valence-corrected chi connectivity index (χ1v) is 5.38. The van der Waals surface area contributed by atoms with Crippen LogP contribution < -0.4 is 10.5 Å². The van der Waals surface area contributed by atoms with Crippen LogP contribution in [0.25, 0.3) is 0 Å². The lowest BCUT2D eigenvalue weighted by Gasteiger charge is -2.04. The summed E-state index contributed by atoms with van der Waals surface area (Å²) in [5.74, 6) is 1.11. The molecule has 0 spiro atoms. The number of anilines is 1. The Balaban J connectivity index is 2.46. The zero-order valence-corrected chi connectivity index (χ0v) is 8.60. The molecule has 3 nitrogen and oxygen atoms in total. The Morgan fingerprint density at radius 2 is 2.46 bits per heavy atom. The molecule has 13 heavy (non-hydrogen) atoms. The van der Waals surface area contributed by atoms with Gasteiger partial charge in [-0.3, -0.25) is 4.98 Å². The molecule has 1 heterocycles. The van der Waals surface area contributed by atoms with Crippen LogP contribution in [0.3, 0.4) is 0 Å². The van der Waals surface area contributed by atoms with E-state index in [1.54, 1.807) is 18.1 Å². The molecule has 0 atom stereocenters. The molecule has 0 aliphatic rings. The number of hydrogen-bond donors (Lipinski definition) is 2. The van der Waals surface area contributed by atoms with Crippen LogP contribution in [0.2, 0.25) is 0 Å². The van der Waals surface area contributed by atoms with Gasteiger partial charge in [-0.1, -0.05) is 18.9 Å². The first-order valence-electron chi connectivity index (χ1n) is 4.39. The summed E-state index contributed by atoms with van der Waals surface area (Å²) >= 11 is 1.71. The van der Waals surface area contributed by atoms with Gasteiger partial charge in [-0.2, -0.15) is 0 Å². The smallest absolute Gasteiger partial charge is 0.0560 e. The number of nitrogens with two attached hydrogens (primary N) is 1. The van der Waals surface area contributed by atoms with Crippen molar-refractivity contribution in [3.05, 3.63) is 24.0 Å². The predicted molar refractivity (Wildman–Crippen MR) is 58.5 cm³/mol. The molecule has 0 saturated heterocycles. The zero-order valence-electron chi connectivity index (χ0n) is 7.79. The summed E-state index contributed by atoms with van der Waals surface area (Å²) in [7, 11) is 0. The number of rotatable bonds is 5. The first kappa shape index (κ1) is 10.3. The highest BCUT2D eigenvalue weighted by Crippen LogP contribution is 2.13. The molecule has 0 amide bonds. The number of nitrogens with zero attached hydrogens (tertiary/aromatic N) is 1. The maximum Gasteiger partial charge on any atom is 0.0560 e. The molecular formula is C9H15N3S. The number of hydrogen-bond acceptors (Lipinski definition) is 4. The summed E-state index contributed by atoms with van der Waals surface area (Å²) in [5.41, 5.74) is 7.47.